The van der Waals surface area contributed by atoms with Crippen LogP contribution in [0.15, 0.2) is 146 Å². The molecule has 6 aromatic rings. The summed E-state index contributed by atoms with van der Waals surface area (Å²) in [7, 11) is 0. The summed E-state index contributed by atoms with van der Waals surface area (Å²) < 4.78 is 0. The number of nitrogens with zero attached hydrogens (tertiary/aromatic N) is 4. The van der Waals surface area contributed by atoms with Crippen molar-refractivity contribution in [3.63, 3.8) is 0 Å². The second-order valence-electron chi connectivity index (χ2n) is 9.43. The van der Waals surface area contributed by atoms with Crippen LogP contribution in [0.3, 0.4) is 0 Å². The van der Waals surface area contributed by atoms with E-state index in [-0.39, 0.29) is 0 Å². The zero-order chi connectivity index (χ0) is 29.1. The number of benzene rings is 3. The van der Waals surface area contributed by atoms with Gasteiger partial charge in [-0.25, -0.2) is 0 Å². The average molecular weight is 549 g/mol. The Morgan fingerprint density at radius 2 is 0.488 bits per heavy atom. The molecule has 0 unspecified atom stereocenters. The van der Waals surface area contributed by atoms with Gasteiger partial charge in [0.25, 0.3) is 0 Å². The Hall–Kier alpha value is -6.41. The third-order valence-corrected chi connectivity index (χ3v) is 6.47. The standard InChI is InChI=1S/C39H24N4/c1(4-34-19-25-40-26-20-34)31-7-13-37(14-8-31)43(38-15-9-32(10-16-38)2-5-35-21-27-41-28-22-35)39-17-11-33(12-18-39)3-6-36-23-29-42-30-24-36/h7-30H. The van der Waals surface area contributed by atoms with Crippen molar-refractivity contribution in [2.45, 2.75) is 0 Å². The average Bonchev–Trinajstić information content (AvgIpc) is 3.09. The number of hydrogen-bond donors (Lipinski definition) is 0. The van der Waals surface area contributed by atoms with E-state index in [4.69, 9.17) is 0 Å². The molecule has 0 bridgehead atoms. The second kappa shape index (κ2) is 13.3. The summed E-state index contributed by atoms with van der Waals surface area (Å²) in [5, 5.41) is 0. The van der Waals surface area contributed by atoms with Gasteiger partial charge in [0.1, 0.15) is 0 Å². The molecule has 3 aromatic carbocycles. The molecule has 0 spiro atoms. The fourth-order valence-corrected chi connectivity index (χ4v) is 4.27. The van der Waals surface area contributed by atoms with Crippen LogP contribution in [0.25, 0.3) is 0 Å². The van der Waals surface area contributed by atoms with Crippen LogP contribution in [0.4, 0.5) is 17.1 Å². The van der Waals surface area contributed by atoms with Crippen molar-refractivity contribution < 1.29 is 0 Å². The van der Waals surface area contributed by atoms with Crippen LogP contribution < -0.4 is 4.90 Å². The minimum atomic E-state index is 0.931. The van der Waals surface area contributed by atoms with Crippen molar-refractivity contribution in [3.8, 4) is 35.5 Å². The van der Waals surface area contributed by atoms with E-state index in [9.17, 15) is 0 Å². The van der Waals surface area contributed by atoms with Gasteiger partial charge >= 0.3 is 0 Å². The van der Waals surface area contributed by atoms with Crippen LogP contribution >= 0.6 is 0 Å². The molecular formula is C39H24N4. The zero-order valence-corrected chi connectivity index (χ0v) is 23.1. The van der Waals surface area contributed by atoms with Crippen molar-refractivity contribution >= 4 is 17.1 Å². The highest BCUT2D eigenvalue weighted by Crippen LogP contribution is 2.34. The van der Waals surface area contributed by atoms with Gasteiger partial charge in [0.05, 0.1) is 0 Å². The molecule has 43 heavy (non-hydrogen) atoms. The lowest BCUT2D eigenvalue weighted by Gasteiger charge is -2.25. The Balaban J connectivity index is 1.30. The molecule has 0 aliphatic carbocycles. The molecule has 0 aliphatic heterocycles. The molecule has 6 rings (SSSR count). The Bertz CT molecular complexity index is 1750. The lowest BCUT2D eigenvalue weighted by molar-refractivity contribution is 1.28. The van der Waals surface area contributed by atoms with Gasteiger partial charge in [-0.15, -0.1) is 0 Å². The molecule has 200 valence electrons. The van der Waals surface area contributed by atoms with Gasteiger partial charge in [-0.05, 0) is 109 Å². The first-order chi connectivity index (χ1) is 21.3. The van der Waals surface area contributed by atoms with Crippen molar-refractivity contribution in [1.29, 1.82) is 0 Å². The van der Waals surface area contributed by atoms with Crippen LogP contribution in [0.2, 0.25) is 0 Å². The first-order valence-electron chi connectivity index (χ1n) is 13.7. The van der Waals surface area contributed by atoms with Crippen LogP contribution in [0.5, 0.6) is 0 Å². The van der Waals surface area contributed by atoms with Gasteiger partial charge in [-0.2, -0.15) is 0 Å². The molecule has 0 saturated carbocycles. The third kappa shape index (κ3) is 7.22. The molecule has 0 saturated heterocycles. The molecule has 3 heterocycles. The monoisotopic (exact) mass is 548 g/mol. The van der Waals surface area contributed by atoms with Crippen LogP contribution in [-0.2, 0) is 0 Å². The predicted octanol–water partition coefficient (Wildman–Crippen LogP) is 7.54. The first kappa shape index (κ1) is 26.8. The molecule has 0 fully saturated rings. The molecule has 3 aromatic heterocycles. The Kier molecular flexibility index (Phi) is 8.29. The maximum Gasteiger partial charge on any atom is 0.0462 e. The Morgan fingerprint density at radius 1 is 0.279 bits per heavy atom. The number of rotatable bonds is 3. The number of aromatic nitrogens is 3. The van der Waals surface area contributed by atoms with Crippen molar-refractivity contribution in [2.75, 3.05) is 4.90 Å². The van der Waals surface area contributed by atoms with Crippen LogP contribution in [0, 0.1) is 35.5 Å². The van der Waals surface area contributed by atoms with E-state index < -0.39 is 0 Å². The van der Waals surface area contributed by atoms with Gasteiger partial charge in [-0.1, -0.05) is 35.5 Å². The summed E-state index contributed by atoms with van der Waals surface area (Å²) in [6.45, 7) is 0. The summed E-state index contributed by atoms with van der Waals surface area (Å²) in [4.78, 5) is 14.4. The fourth-order valence-electron chi connectivity index (χ4n) is 4.27. The van der Waals surface area contributed by atoms with Crippen molar-refractivity contribution in [3.05, 3.63) is 180 Å². The van der Waals surface area contributed by atoms with Gasteiger partial charge < -0.3 is 4.90 Å². The van der Waals surface area contributed by atoms with Crippen molar-refractivity contribution in [2.24, 2.45) is 0 Å². The Morgan fingerprint density at radius 3 is 0.721 bits per heavy atom. The fraction of sp³-hybridized carbons (Fsp3) is 0. The highest BCUT2D eigenvalue weighted by molar-refractivity contribution is 5.77. The Labute approximate surface area is 251 Å². The highest BCUT2D eigenvalue weighted by atomic mass is 15.1. The molecule has 0 atom stereocenters. The van der Waals surface area contributed by atoms with E-state index in [1.807, 2.05) is 72.8 Å². The second-order valence-corrected chi connectivity index (χ2v) is 9.43. The first-order valence-corrected chi connectivity index (χ1v) is 13.7. The van der Waals surface area contributed by atoms with Crippen molar-refractivity contribution in [1.82, 2.24) is 15.0 Å². The van der Waals surface area contributed by atoms with Gasteiger partial charge in [0.2, 0.25) is 0 Å². The summed E-state index contributed by atoms with van der Waals surface area (Å²) in [6.07, 6.45) is 10.5. The maximum atomic E-state index is 4.06. The number of hydrogen-bond acceptors (Lipinski definition) is 4. The SMILES string of the molecule is C(#Cc1ccc(N(c2ccc(C#Cc3ccncc3)cc2)c2ccc(C#Cc3ccncc3)cc2)cc1)c1ccncc1. The molecular weight excluding hydrogens is 524 g/mol. The number of pyridine rings is 3. The topological polar surface area (TPSA) is 41.9 Å². The van der Waals surface area contributed by atoms with E-state index in [1.54, 1.807) is 37.2 Å². The highest BCUT2D eigenvalue weighted by Gasteiger charge is 2.12. The van der Waals surface area contributed by atoms with Gasteiger partial charge in [-0.3, -0.25) is 15.0 Å². The summed E-state index contributed by atoms with van der Waals surface area (Å²) >= 11 is 0. The lowest BCUT2D eigenvalue weighted by atomic mass is 10.1. The molecule has 0 amide bonds. The van der Waals surface area contributed by atoms with E-state index in [2.05, 4.69) is 91.8 Å². The van der Waals surface area contributed by atoms with Gasteiger partial charge in [0.15, 0.2) is 0 Å². The van der Waals surface area contributed by atoms with E-state index in [0.29, 0.717) is 0 Å². The molecule has 4 heteroatoms. The summed E-state index contributed by atoms with van der Waals surface area (Å²) in [5.74, 6) is 19.3. The summed E-state index contributed by atoms with van der Waals surface area (Å²) in [5.41, 5.74) is 8.64. The van der Waals surface area contributed by atoms with Crippen LogP contribution in [-0.4, -0.2) is 15.0 Å². The normalized spacial score (nSPS) is 9.77. The molecule has 0 aliphatic rings. The minimum Gasteiger partial charge on any atom is -0.311 e. The smallest absolute Gasteiger partial charge is 0.0462 e. The largest absolute Gasteiger partial charge is 0.311 e. The van der Waals surface area contributed by atoms with Crippen LogP contribution in [0.1, 0.15) is 33.4 Å². The molecule has 0 radical (unpaired) electrons. The molecule has 0 N–H and O–H groups in total. The third-order valence-electron chi connectivity index (χ3n) is 6.47. The van der Waals surface area contributed by atoms with Gasteiger partial charge in [0, 0.05) is 87.6 Å². The molecule has 4 nitrogen and oxygen atoms in total. The van der Waals surface area contributed by atoms with E-state index in [1.165, 1.54) is 0 Å². The quantitative estimate of drug-likeness (QED) is 0.214. The number of anilines is 3. The summed E-state index contributed by atoms with van der Waals surface area (Å²) in [6, 6.07) is 36.2. The minimum absolute atomic E-state index is 0.931. The maximum absolute atomic E-state index is 4.06. The zero-order valence-electron chi connectivity index (χ0n) is 23.1. The van der Waals surface area contributed by atoms with E-state index in [0.717, 1.165) is 50.4 Å². The predicted molar refractivity (Wildman–Crippen MR) is 172 cm³/mol. The van der Waals surface area contributed by atoms with E-state index >= 15 is 0 Å². The lowest BCUT2D eigenvalue weighted by Crippen LogP contribution is -2.09.